The Labute approximate surface area is 111 Å². The van der Waals surface area contributed by atoms with Gasteiger partial charge in [-0.15, -0.1) is 0 Å². The van der Waals surface area contributed by atoms with E-state index in [2.05, 4.69) is 36.4 Å². The Hall–Kier alpha value is -0.890. The lowest BCUT2D eigenvalue weighted by atomic mass is 9.80. The molecule has 1 aliphatic rings. The fraction of sp³-hybridized carbons (Fsp3) is 0.688. The van der Waals surface area contributed by atoms with Gasteiger partial charge in [0.1, 0.15) is 0 Å². The maximum atomic E-state index is 4.66. The molecule has 0 amide bonds. The number of aromatic nitrogens is 1. The third-order valence-corrected chi connectivity index (χ3v) is 4.21. The molecule has 2 atom stereocenters. The van der Waals surface area contributed by atoms with Gasteiger partial charge in [-0.1, -0.05) is 32.3 Å². The maximum Gasteiger partial charge on any atom is 0.0481 e. The number of unbranched alkanes of at least 4 members (excludes halogenated alkanes) is 2. The molecule has 0 fully saturated rings. The third kappa shape index (κ3) is 3.11. The largest absolute Gasteiger partial charge is 0.316 e. The van der Waals surface area contributed by atoms with Gasteiger partial charge in [0.2, 0.25) is 0 Å². The average Bonchev–Trinajstić information content (AvgIpc) is 2.43. The highest BCUT2D eigenvalue weighted by Crippen LogP contribution is 2.33. The van der Waals surface area contributed by atoms with Crippen molar-refractivity contribution in [2.45, 2.75) is 63.8 Å². The van der Waals surface area contributed by atoms with Gasteiger partial charge < -0.3 is 5.32 Å². The molecule has 1 heterocycles. The summed E-state index contributed by atoms with van der Waals surface area (Å²) in [6.45, 7) is 2.27. The van der Waals surface area contributed by atoms with E-state index in [-0.39, 0.29) is 0 Å². The fourth-order valence-electron chi connectivity index (χ4n) is 3.20. The van der Waals surface area contributed by atoms with Crippen LogP contribution >= 0.6 is 0 Å². The van der Waals surface area contributed by atoms with Crippen LogP contribution in [-0.4, -0.2) is 18.1 Å². The zero-order valence-corrected chi connectivity index (χ0v) is 11.8. The molecule has 0 spiro atoms. The Balaban J connectivity index is 2.07. The van der Waals surface area contributed by atoms with Crippen LogP contribution in [0.25, 0.3) is 0 Å². The highest BCUT2D eigenvalue weighted by atomic mass is 14.9. The SMILES string of the molecule is CCCCCC(NC)C1CCCc2cccnc21. The highest BCUT2D eigenvalue weighted by Gasteiger charge is 2.27. The number of nitrogens with zero attached hydrogens (tertiary/aromatic N) is 1. The van der Waals surface area contributed by atoms with Crippen LogP contribution in [0.4, 0.5) is 0 Å². The van der Waals surface area contributed by atoms with Crippen LogP contribution in [0.1, 0.15) is 62.6 Å². The van der Waals surface area contributed by atoms with Crippen LogP contribution < -0.4 is 5.32 Å². The molecule has 0 aromatic carbocycles. The number of hydrogen-bond donors (Lipinski definition) is 1. The van der Waals surface area contributed by atoms with Gasteiger partial charge in [-0.2, -0.15) is 0 Å². The van der Waals surface area contributed by atoms with Crippen LogP contribution in [0.5, 0.6) is 0 Å². The molecule has 2 heteroatoms. The number of nitrogens with one attached hydrogen (secondary N) is 1. The summed E-state index contributed by atoms with van der Waals surface area (Å²) in [5.74, 6) is 0.622. The first-order valence-electron chi connectivity index (χ1n) is 7.47. The number of pyridine rings is 1. The molecular formula is C16H26N2. The maximum absolute atomic E-state index is 4.66. The Kier molecular flexibility index (Phi) is 5.18. The van der Waals surface area contributed by atoms with Crippen molar-refractivity contribution in [1.82, 2.24) is 10.3 Å². The van der Waals surface area contributed by atoms with E-state index in [1.54, 1.807) is 0 Å². The summed E-state index contributed by atoms with van der Waals surface area (Å²) in [7, 11) is 2.10. The second-order valence-electron chi connectivity index (χ2n) is 5.44. The zero-order valence-electron chi connectivity index (χ0n) is 11.8. The van der Waals surface area contributed by atoms with Gasteiger partial charge in [-0.25, -0.2) is 0 Å². The molecule has 1 aliphatic carbocycles. The molecule has 2 nitrogen and oxygen atoms in total. The van der Waals surface area contributed by atoms with E-state index in [0.29, 0.717) is 12.0 Å². The lowest BCUT2D eigenvalue weighted by Crippen LogP contribution is -2.34. The van der Waals surface area contributed by atoms with Gasteiger partial charge in [-0.05, 0) is 44.4 Å². The molecule has 0 saturated heterocycles. The van der Waals surface area contributed by atoms with Gasteiger partial charge >= 0.3 is 0 Å². The standard InChI is InChI=1S/C16H26N2/c1-3-4-5-11-15(17-2)14-10-6-8-13-9-7-12-18-16(13)14/h7,9,12,14-15,17H,3-6,8,10-11H2,1-2H3. The number of likely N-dealkylation sites (N-methyl/N-ethyl adjacent to an activating group) is 1. The van der Waals surface area contributed by atoms with Crippen LogP contribution in [0.2, 0.25) is 0 Å². The Morgan fingerprint density at radius 3 is 3.11 bits per heavy atom. The number of fused-ring (bicyclic) bond motifs is 1. The Bertz CT molecular complexity index is 362. The van der Waals surface area contributed by atoms with E-state index >= 15 is 0 Å². The second kappa shape index (κ2) is 6.89. The first kappa shape index (κ1) is 13.5. The number of hydrogen-bond acceptors (Lipinski definition) is 2. The Morgan fingerprint density at radius 2 is 2.33 bits per heavy atom. The zero-order chi connectivity index (χ0) is 12.8. The van der Waals surface area contributed by atoms with E-state index in [4.69, 9.17) is 0 Å². The summed E-state index contributed by atoms with van der Waals surface area (Å²) in [5, 5.41) is 3.53. The van der Waals surface area contributed by atoms with Crippen molar-refractivity contribution in [3.63, 3.8) is 0 Å². The fourth-order valence-corrected chi connectivity index (χ4v) is 3.20. The van der Waals surface area contributed by atoms with Gasteiger partial charge in [-0.3, -0.25) is 4.98 Å². The summed E-state index contributed by atoms with van der Waals surface area (Å²) >= 11 is 0. The van der Waals surface area contributed by atoms with Crippen LogP contribution in [0, 0.1) is 0 Å². The van der Waals surface area contributed by atoms with Crippen molar-refractivity contribution in [2.24, 2.45) is 0 Å². The monoisotopic (exact) mass is 246 g/mol. The molecule has 100 valence electrons. The summed E-state index contributed by atoms with van der Waals surface area (Å²) < 4.78 is 0. The molecule has 1 N–H and O–H groups in total. The third-order valence-electron chi connectivity index (χ3n) is 4.21. The van der Waals surface area contributed by atoms with E-state index in [0.717, 1.165) is 0 Å². The normalized spacial score (nSPS) is 20.4. The smallest absolute Gasteiger partial charge is 0.0481 e. The van der Waals surface area contributed by atoms with E-state index in [1.165, 1.54) is 56.2 Å². The van der Waals surface area contributed by atoms with Crippen molar-refractivity contribution < 1.29 is 0 Å². The molecule has 0 radical (unpaired) electrons. The first-order chi connectivity index (χ1) is 8.86. The van der Waals surface area contributed by atoms with E-state index < -0.39 is 0 Å². The van der Waals surface area contributed by atoms with Crippen molar-refractivity contribution in [2.75, 3.05) is 7.05 Å². The number of rotatable bonds is 6. The first-order valence-corrected chi connectivity index (χ1v) is 7.47. The predicted molar refractivity (Wildman–Crippen MR) is 76.9 cm³/mol. The molecule has 18 heavy (non-hydrogen) atoms. The summed E-state index contributed by atoms with van der Waals surface area (Å²) in [6.07, 6.45) is 11.0. The van der Waals surface area contributed by atoms with Gasteiger partial charge in [0.05, 0.1) is 0 Å². The van der Waals surface area contributed by atoms with Gasteiger partial charge in [0, 0.05) is 23.9 Å². The summed E-state index contributed by atoms with van der Waals surface area (Å²) in [4.78, 5) is 4.66. The topological polar surface area (TPSA) is 24.9 Å². The lowest BCUT2D eigenvalue weighted by molar-refractivity contribution is 0.375. The van der Waals surface area contributed by atoms with Crippen molar-refractivity contribution >= 4 is 0 Å². The number of aryl methyl sites for hydroxylation is 1. The highest BCUT2D eigenvalue weighted by molar-refractivity contribution is 5.27. The molecule has 1 aromatic heterocycles. The Morgan fingerprint density at radius 1 is 1.44 bits per heavy atom. The van der Waals surface area contributed by atoms with Crippen LogP contribution in [-0.2, 0) is 6.42 Å². The molecule has 0 aliphatic heterocycles. The molecule has 0 bridgehead atoms. The molecule has 2 unspecified atom stereocenters. The summed E-state index contributed by atoms with van der Waals surface area (Å²) in [6, 6.07) is 4.94. The van der Waals surface area contributed by atoms with Crippen LogP contribution in [0.15, 0.2) is 18.3 Å². The minimum atomic E-state index is 0.602. The van der Waals surface area contributed by atoms with Crippen LogP contribution in [0.3, 0.4) is 0 Å². The second-order valence-corrected chi connectivity index (χ2v) is 5.44. The minimum absolute atomic E-state index is 0.602. The quantitative estimate of drug-likeness (QED) is 0.775. The van der Waals surface area contributed by atoms with Crippen molar-refractivity contribution in [3.8, 4) is 0 Å². The minimum Gasteiger partial charge on any atom is -0.316 e. The predicted octanol–water partition coefficient (Wildman–Crippen LogP) is 3.67. The average molecular weight is 246 g/mol. The summed E-state index contributed by atoms with van der Waals surface area (Å²) in [5.41, 5.74) is 2.84. The molecule has 1 aromatic rings. The van der Waals surface area contributed by atoms with Crippen molar-refractivity contribution in [3.05, 3.63) is 29.6 Å². The molecule has 2 rings (SSSR count). The lowest BCUT2D eigenvalue weighted by Gasteiger charge is -2.31. The van der Waals surface area contributed by atoms with Crippen molar-refractivity contribution in [1.29, 1.82) is 0 Å². The van der Waals surface area contributed by atoms with Gasteiger partial charge in [0.25, 0.3) is 0 Å². The van der Waals surface area contributed by atoms with Gasteiger partial charge in [0.15, 0.2) is 0 Å². The molecular weight excluding hydrogens is 220 g/mol. The molecule has 0 saturated carbocycles. The van der Waals surface area contributed by atoms with E-state index in [1.807, 2.05) is 6.20 Å². The van der Waals surface area contributed by atoms with E-state index in [9.17, 15) is 0 Å².